The van der Waals surface area contributed by atoms with Crippen LogP contribution in [0.2, 0.25) is 0 Å². The second kappa shape index (κ2) is 8.42. The Morgan fingerprint density at radius 2 is 2.03 bits per heavy atom. The van der Waals surface area contributed by atoms with Crippen LogP contribution < -0.4 is 4.90 Å². The third-order valence-electron chi connectivity index (χ3n) is 5.85. The number of benzene rings is 2. The van der Waals surface area contributed by atoms with E-state index in [9.17, 15) is 4.79 Å². The van der Waals surface area contributed by atoms with Crippen molar-refractivity contribution < 1.29 is 9.53 Å². The number of rotatable bonds is 5. The predicted molar refractivity (Wildman–Crippen MR) is 126 cm³/mol. The number of carbonyl (C=O) groups excluding carboxylic acids is 1. The fraction of sp³-hybridized carbons (Fsp3) is 0.333. The summed E-state index contributed by atoms with van der Waals surface area (Å²) in [5, 5.41) is 1.70. The number of nitrogens with one attached hydrogen (secondary N) is 1. The minimum Gasteiger partial charge on any atom is -0.379 e. The first-order valence-electron chi connectivity index (χ1n) is 10.7. The third-order valence-corrected chi connectivity index (χ3v) is 7.08. The van der Waals surface area contributed by atoms with Gasteiger partial charge in [0.2, 0.25) is 0 Å². The minimum absolute atomic E-state index is 0.0147. The molecule has 0 radical (unpaired) electrons. The molecule has 1 aliphatic heterocycles. The molecule has 3 heterocycles. The lowest BCUT2D eigenvalue weighted by Gasteiger charge is -2.29. The number of amides is 1. The molecule has 0 atom stereocenters. The van der Waals surface area contributed by atoms with Crippen LogP contribution in [0.5, 0.6) is 0 Å². The number of hydrogen-bond donors (Lipinski definition) is 1. The maximum absolute atomic E-state index is 13.8. The Labute approximate surface area is 185 Å². The molecule has 1 saturated heterocycles. The van der Waals surface area contributed by atoms with Gasteiger partial charge >= 0.3 is 0 Å². The van der Waals surface area contributed by atoms with Crippen molar-refractivity contribution in [1.29, 1.82) is 0 Å². The van der Waals surface area contributed by atoms with Gasteiger partial charge in [-0.1, -0.05) is 35.6 Å². The number of nitrogens with zero attached hydrogens (tertiary/aromatic N) is 3. The molecule has 1 aliphatic rings. The number of hydrogen-bond acceptors (Lipinski definition) is 5. The van der Waals surface area contributed by atoms with E-state index in [1.807, 2.05) is 35.4 Å². The van der Waals surface area contributed by atoms with Gasteiger partial charge in [-0.15, -0.1) is 0 Å². The topological polar surface area (TPSA) is 61.5 Å². The number of morpholine rings is 1. The van der Waals surface area contributed by atoms with Crippen molar-refractivity contribution in [1.82, 2.24) is 14.9 Å². The summed E-state index contributed by atoms with van der Waals surface area (Å²) in [5.74, 6) is -0.0147. The number of aromatic amines is 1. The highest BCUT2D eigenvalue weighted by Gasteiger charge is 2.25. The van der Waals surface area contributed by atoms with E-state index in [1.54, 1.807) is 11.3 Å². The number of ether oxygens (including phenoxy) is 1. The summed E-state index contributed by atoms with van der Waals surface area (Å²) in [6, 6.07) is 12.2. The summed E-state index contributed by atoms with van der Waals surface area (Å²) in [5.41, 5.74) is 5.00. The van der Waals surface area contributed by atoms with Gasteiger partial charge in [-0.2, -0.15) is 0 Å². The highest BCUT2D eigenvalue weighted by molar-refractivity contribution is 7.22. The Morgan fingerprint density at radius 3 is 2.87 bits per heavy atom. The monoisotopic (exact) mass is 434 g/mol. The van der Waals surface area contributed by atoms with Crippen LogP contribution in [0.3, 0.4) is 0 Å². The molecule has 4 aromatic rings. The molecule has 31 heavy (non-hydrogen) atoms. The van der Waals surface area contributed by atoms with Gasteiger partial charge in [0, 0.05) is 43.3 Å². The first-order chi connectivity index (χ1) is 15.1. The third kappa shape index (κ3) is 3.96. The van der Waals surface area contributed by atoms with Gasteiger partial charge in [-0.3, -0.25) is 14.6 Å². The molecule has 7 heteroatoms. The fourth-order valence-electron chi connectivity index (χ4n) is 4.22. The number of anilines is 1. The summed E-state index contributed by atoms with van der Waals surface area (Å²) in [7, 11) is 0. The Bertz CT molecular complexity index is 1240. The molecule has 0 aliphatic carbocycles. The maximum Gasteiger partial charge on any atom is 0.262 e. The van der Waals surface area contributed by atoms with Crippen LogP contribution in [0.25, 0.3) is 21.1 Å². The SMILES string of the molecule is Cc1cc(C)c2sc(N(CCN3CCOCC3)C(=O)c3c[nH]c4ccccc34)nc2c1. The molecular formula is C24H26N4O2S. The first kappa shape index (κ1) is 20.2. The molecule has 160 valence electrons. The van der Waals surface area contributed by atoms with E-state index in [1.165, 1.54) is 11.1 Å². The van der Waals surface area contributed by atoms with Gasteiger partial charge in [-0.05, 0) is 37.1 Å². The van der Waals surface area contributed by atoms with Crippen LogP contribution in [-0.4, -0.2) is 60.2 Å². The summed E-state index contributed by atoms with van der Waals surface area (Å²) >= 11 is 1.60. The van der Waals surface area contributed by atoms with Crippen LogP contribution in [0.4, 0.5) is 5.13 Å². The number of para-hydroxylation sites is 1. The van der Waals surface area contributed by atoms with Gasteiger partial charge in [0.1, 0.15) is 0 Å². The van der Waals surface area contributed by atoms with E-state index in [2.05, 4.69) is 35.9 Å². The summed E-state index contributed by atoms with van der Waals surface area (Å²) in [6.45, 7) is 8.86. The lowest BCUT2D eigenvalue weighted by atomic mass is 10.1. The number of H-pyrrole nitrogens is 1. The molecule has 0 saturated carbocycles. The first-order valence-corrected chi connectivity index (χ1v) is 11.5. The standard InChI is InChI=1S/C24H26N4O2S/c1-16-13-17(2)22-21(14-16)26-24(31-22)28(8-7-27-9-11-30-12-10-27)23(29)19-15-25-20-6-4-3-5-18(19)20/h3-6,13-15,25H,7-12H2,1-2H3. The minimum atomic E-state index is -0.0147. The molecule has 0 bridgehead atoms. The van der Waals surface area contributed by atoms with Gasteiger partial charge in [0.15, 0.2) is 5.13 Å². The molecule has 2 aromatic heterocycles. The van der Waals surface area contributed by atoms with Crippen molar-refractivity contribution in [2.75, 3.05) is 44.3 Å². The van der Waals surface area contributed by atoms with Gasteiger partial charge in [0.05, 0.1) is 29.0 Å². The smallest absolute Gasteiger partial charge is 0.262 e. The average molecular weight is 435 g/mol. The van der Waals surface area contributed by atoms with E-state index >= 15 is 0 Å². The van der Waals surface area contributed by atoms with Crippen molar-refractivity contribution in [3.05, 3.63) is 59.3 Å². The summed E-state index contributed by atoms with van der Waals surface area (Å²) in [6.07, 6.45) is 1.82. The zero-order chi connectivity index (χ0) is 21.4. The largest absolute Gasteiger partial charge is 0.379 e. The molecule has 2 aromatic carbocycles. The van der Waals surface area contributed by atoms with Gasteiger partial charge < -0.3 is 9.72 Å². The number of aromatic nitrogens is 2. The Kier molecular flexibility index (Phi) is 5.48. The van der Waals surface area contributed by atoms with Crippen molar-refractivity contribution in [2.24, 2.45) is 0 Å². The molecule has 6 nitrogen and oxygen atoms in total. The summed E-state index contributed by atoms with van der Waals surface area (Å²) in [4.78, 5) is 26.1. The zero-order valence-electron chi connectivity index (χ0n) is 17.9. The van der Waals surface area contributed by atoms with Crippen LogP contribution in [0, 0.1) is 13.8 Å². The molecule has 1 fully saturated rings. The second-order valence-electron chi connectivity index (χ2n) is 8.09. The Balaban J connectivity index is 1.52. The van der Waals surface area contributed by atoms with E-state index in [-0.39, 0.29) is 5.91 Å². The Morgan fingerprint density at radius 1 is 1.23 bits per heavy atom. The average Bonchev–Trinajstić information content (AvgIpc) is 3.39. The number of aryl methyl sites for hydroxylation is 2. The molecule has 0 unspecified atom stereocenters. The number of thiazole rings is 1. The van der Waals surface area contributed by atoms with Crippen molar-refractivity contribution in [2.45, 2.75) is 13.8 Å². The van der Waals surface area contributed by atoms with Crippen LogP contribution >= 0.6 is 11.3 Å². The van der Waals surface area contributed by atoms with Gasteiger partial charge in [-0.25, -0.2) is 4.98 Å². The van der Waals surface area contributed by atoms with E-state index in [4.69, 9.17) is 9.72 Å². The summed E-state index contributed by atoms with van der Waals surface area (Å²) < 4.78 is 6.62. The highest BCUT2D eigenvalue weighted by atomic mass is 32.1. The van der Waals surface area contributed by atoms with E-state index < -0.39 is 0 Å². The highest BCUT2D eigenvalue weighted by Crippen LogP contribution is 2.33. The van der Waals surface area contributed by atoms with Crippen molar-refractivity contribution >= 4 is 43.5 Å². The molecule has 0 spiro atoms. The molecule has 1 N–H and O–H groups in total. The molecule has 1 amide bonds. The Hall–Kier alpha value is -2.74. The van der Waals surface area contributed by atoms with E-state index in [0.717, 1.165) is 59.1 Å². The van der Waals surface area contributed by atoms with E-state index in [0.29, 0.717) is 12.1 Å². The number of carbonyl (C=O) groups is 1. The molecule has 5 rings (SSSR count). The lowest BCUT2D eigenvalue weighted by molar-refractivity contribution is 0.0391. The van der Waals surface area contributed by atoms with Crippen LogP contribution in [0.1, 0.15) is 21.5 Å². The zero-order valence-corrected chi connectivity index (χ0v) is 18.7. The second-order valence-corrected chi connectivity index (χ2v) is 9.06. The van der Waals surface area contributed by atoms with Gasteiger partial charge in [0.25, 0.3) is 5.91 Å². The maximum atomic E-state index is 13.8. The quantitative estimate of drug-likeness (QED) is 0.507. The van der Waals surface area contributed by atoms with Crippen LogP contribution in [0.15, 0.2) is 42.6 Å². The van der Waals surface area contributed by atoms with Crippen molar-refractivity contribution in [3.8, 4) is 0 Å². The lowest BCUT2D eigenvalue weighted by Crippen LogP contribution is -2.43. The van der Waals surface area contributed by atoms with Crippen LogP contribution in [-0.2, 0) is 4.74 Å². The predicted octanol–water partition coefficient (Wildman–Crippen LogP) is 4.37. The normalized spacial score (nSPS) is 15.0. The number of fused-ring (bicyclic) bond motifs is 2. The molecular weight excluding hydrogens is 408 g/mol. The fourth-order valence-corrected chi connectivity index (χ4v) is 5.26. The van der Waals surface area contributed by atoms with Crippen molar-refractivity contribution in [3.63, 3.8) is 0 Å².